The summed E-state index contributed by atoms with van der Waals surface area (Å²) in [5.74, 6) is -1.06. The van der Waals surface area contributed by atoms with Crippen molar-refractivity contribution in [3.63, 3.8) is 0 Å². The molecule has 24 heavy (non-hydrogen) atoms. The fourth-order valence-electron chi connectivity index (χ4n) is 1.75. The first-order valence-corrected chi connectivity index (χ1v) is 8.32. The van der Waals surface area contributed by atoms with Crippen molar-refractivity contribution in [2.75, 3.05) is 5.32 Å². The van der Waals surface area contributed by atoms with Gasteiger partial charge in [0.15, 0.2) is 0 Å². The molecular weight excluding hydrogens is 417 g/mol. The third-order valence-corrected chi connectivity index (χ3v) is 4.11. The Morgan fingerprint density at radius 2 is 1.88 bits per heavy atom. The van der Waals surface area contributed by atoms with E-state index in [1.807, 2.05) is 24.3 Å². The SMILES string of the molecule is O=C(CC(=O)Nc1cccc(Cl)c1Cl)NN=Cc1cccc(Br)c1. The number of benzene rings is 2. The van der Waals surface area contributed by atoms with E-state index in [9.17, 15) is 9.59 Å². The highest BCUT2D eigenvalue weighted by molar-refractivity contribution is 9.10. The number of carbonyl (C=O) groups excluding carboxylic acids is 2. The van der Waals surface area contributed by atoms with E-state index in [0.29, 0.717) is 10.7 Å². The molecule has 0 saturated heterocycles. The Kier molecular flexibility index (Phi) is 6.78. The van der Waals surface area contributed by atoms with Gasteiger partial charge in [0.1, 0.15) is 6.42 Å². The molecule has 2 aromatic carbocycles. The van der Waals surface area contributed by atoms with Gasteiger partial charge < -0.3 is 5.32 Å². The van der Waals surface area contributed by atoms with Crippen molar-refractivity contribution < 1.29 is 9.59 Å². The van der Waals surface area contributed by atoms with E-state index in [4.69, 9.17) is 23.2 Å². The second kappa shape index (κ2) is 8.82. The maximum Gasteiger partial charge on any atom is 0.249 e. The molecule has 0 fully saturated rings. The summed E-state index contributed by atoms with van der Waals surface area (Å²) in [5.41, 5.74) is 3.44. The fraction of sp³-hybridized carbons (Fsp3) is 0.0625. The van der Waals surface area contributed by atoms with E-state index < -0.39 is 18.2 Å². The average molecular weight is 429 g/mol. The number of nitrogens with one attached hydrogen (secondary N) is 2. The molecule has 2 amide bonds. The second-order valence-electron chi connectivity index (χ2n) is 4.67. The minimum absolute atomic E-state index is 0.223. The Morgan fingerprint density at radius 3 is 2.62 bits per heavy atom. The van der Waals surface area contributed by atoms with Gasteiger partial charge in [-0.3, -0.25) is 9.59 Å². The highest BCUT2D eigenvalue weighted by Gasteiger charge is 2.11. The predicted molar refractivity (Wildman–Crippen MR) is 99.6 cm³/mol. The van der Waals surface area contributed by atoms with E-state index >= 15 is 0 Å². The summed E-state index contributed by atoms with van der Waals surface area (Å²) in [6, 6.07) is 12.2. The Hall–Kier alpha value is -1.89. The first-order chi connectivity index (χ1) is 11.5. The highest BCUT2D eigenvalue weighted by Crippen LogP contribution is 2.29. The van der Waals surface area contributed by atoms with Gasteiger partial charge in [0.25, 0.3) is 0 Å². The summed E-state index contributed by atoms with van der Waals surface area (Å²) in [7, 11) is 0. The molecule has 2 rings (SSSR count). The molecule has 0 heterocycles. The molecule has 0 aromatic heterocycles. The predicted octanol–water partition coefficient (Wildman–Crippen LogP) is 4.23. The van der Waals surface area contributed by atoms with Crippen LogP contribution in [0.1, 0.15) is 12.0 Å². The molecule has 0 atom stereocenters. The van der Waals surface area contributed by atoms with Crippen molar-refractivity contribution in [1.82, 2.24) is 5.43 Å². The zero-order valence-electron chi connectivity index (χ0n) is 12.2. The molecule has 0 spiro atoms. The maximum atomic E-state index is 11.8. The molecular formula is C16H12BrCl2N3O2. The van der Waals surface area contributed by atoms with Gasteiger partial charge in [-0.05, 0) is 29.8 Å². The van der Waals surface area contributed by atoms with Crippen LogP contribution in [0, 0.1) is 0 Å². The van der Waals surface area contributed by atoms with Crippen LogP contribution in [0.15, 0.2) is 52.0 Å². The van der Waals surface area contributed by atoms with Gasteiger partial charge in [0, 0.05) is 4.47 Å². The Labute approximate surface area is 157 Å². The van der Waals surface area contributed by atoms with Crippen molar-refractivity contribution in [3.05, 3.63) is 62.5 Å². The molecule has 0 bridgehead atoms. The number of hydrogen-bond donors (Lipinski definition) is 2. The van der Waals surface area contributed by atoms with Crippen molar-refractivity contribution in [3.8, 4) is 0 Å². The quantitative estimate of drug-likeness (QED) is 0.424. The first-order valence-electron chi connectivity index (χ1n) is 6.77. The van der Waals surface area contributed by atoms with Crippen LogP contribution in [0.2, 0.25) is 10.0 Å². The number of carbonyl (C=O) groups is 2. The summed E-state index contributed by atoms with van der Waals surface area (Å²) in [6.45, 7) is 0. The van der Waals surface area contributed by atoms with Gasteiger partial charge in [-0.1, -0.05) is 57.3 Å². The van der Waals surface area contributed by atoms with Crippen LogP contribution >= 0.6 is 39.1 Å². The van der Waals surface area contributed by atoms with Gasteiger partial charge >= 0.3 is 0 Å². The van der Waals surface area contributed by atoms with Crippen LogP contribution in [-0.4, -0.2) is 18.0 Å². The topological polar surface area (TPSA) is 70.6 Å². The van der Waals surface area contributed by atoms with Crippen molar-refractivity contribution in [2.24, 2.45) is 5.10 Å². The van der Waals surface area contributed by atoms with Gasteiger partial charge in [-0.2, -0.15) is 5.10 Å². The Balaban J connectivity index is 1.85. The number of amides is 2. The number of halogens is 3. The van der Waals surface area contributed by atoms with Crippen molar-refractivity contribution in [2.45, 2.75) is 6.42 Å². The van der Waals surface area contributed by atoms with Crippen LogP contribution < -0.4 is 10.7 Å². The maximum absolute atomic E-state index is 11.8. The summed E-state index contributed by atoms with van der Waals surface area (Å²) in [5, 5.41) is 6.87. The third-order valence-electron chi connectivity index (χ3n) is 2.80. The molecule has 2 N–H and O–H groups in total. The standard InChI is InChI=1S/C16H12BrCl2N3O2/c17-11-4-1-3-10(7-11)9-20-22-15(24)8-14(23)21-13-6-2-5-12(18)16(13)19/h1-7,9H,8H2,(H,21,23)(H,22,24). The van der Waals surface area contributed by atoms with Crippen molar-refractivity contribution >= 4 is 62.8 Å². The number of hydrazone groups is 1. The minimum atomic E-state index is -0.545. The smallest absolute Gasteiger partial charge is 0.249 e. The molecule has 0 radical (unpaired) electrons. The van der Waals surface area contributed by atoms with E-state index in [2.05, 4.69) is 31.8 Å². The normalized spacial score (nSPS) is 10.6. The lowest BCUT2D eigenvalue weighted by atomic mass is 10.2. The van der Waals surface area contributed by atoms with Crippen LogP contribution in [0.25, 0.3) is 0 Å². The van der Waals surface area contributed by atoms with Crippen molar-refractivity contribution in [1.29, 1.82) is 0 Å². The largest absolute Gasteiger partial charge is 0.324 e. The second-order valence-corrected chi connectivity index (χ2v) is 6.38. The van der Waals surface area contributed by atoms with Crippen LogP contribution in [0.3, 0.4) is 0 Å². The van der Waals surface area contributed by atoms with Gasteiger partial charge in [-0.15, -0.1) is 0 Å². The van der Waals surface area contributed by atoms with Gasteiger partial charge in [-0.25, -0.2) is 5.43 Å². The summed E-state index contributed by atoms with van der Waals surface area (Å²) in [4.78, 5) is 23.5. The molecule has 0 unspecified atom stereocenters. The van der Waals surface area contributed by atoms with Gasteiger partial charge in [0.2, 0.25) is 11.8 Å². The van der Waals surface area contributed by atoms with Gasteiger partial charge in [0.05, 0.1) is 21.9 Å². The molecule has 0 aliphatic carbocycles. The monoisotopic (exact) mass is 427 g/mol. The third kappa shape index (κ3) is 5.63. The molecule has 0 aliphatic rings. The number of rotatable bonds is 5. The van der Waals surface area contributed by atoms with Crippen LogP contribution in [-0.2, 0) is 9.59 Å². The first kappa shape index (κ1) is 18.4. The fourth-order valence-corrected chi connectivity index (χ4v) is 2.51. The van der Waals surface area contributed by atoms with Crippen LogP contribution in [0.4, 0.5) is 5.69 Å². The number of anilines is 1. The summed E-state index contributed by atoms with van der Waals surface area (Å²) in [6.07, 6.45) is 1.09. The average Bonchev–Trinajstić information content (AvgIpc) is 2.52. The molecule has 0 saturated carbocycles. The zero-order chi connectivity index (χ0) is 17.5. The van der Waals surface area contributed by atoms with Crippen LogP contribution in [0.5, 0.6) is 0 Å². The molecule has 0 aliphatic heterocycles. The molecule has 8 heteroatoms. The summed E-state index contributed by atoms with van der Waals surface area (Å²) < 4.78 is 0.899. The number of hydrogen-bond acceptors (Lipinski definition) is 3. The Morgan fingerprint density at radius 1 is 1.12 bits per heavy atom. The summed E-state index contributed by atoms with van der Waals surface area (Å²) >= 11 is 15.2. The lowest BCUT2D eigenvalue weighted by Crippen LogP contribution is -2.24. The molecule has 2 aromatic rings. The van der Waals surface area contributed by atoms with E-state index in [0.717, 1.165) is 10.0 Å². The van der Waals surface area contributed by atoms with E-state index in [1.54, 1.807) is 18.2 Å². The lowest BCUT2D eigenvalue weighted by Gasteiger charge is -2.07. The lowest BCUT2D eigenvalue weighted by molar-refractivity contribution is -0.126. The zero-order valence-corrected chi connectivity index (χ0v) is 15.3. The molecule has 124 valence electrons. The molecule has 5 nitrogen and oxygen atoms in total. The van der Waals surface area contributed by atoms with E-state index in [1.165, 1.54) is 6.21 Å². The van der Waals surface area contributed by atoms with E-state index in [-0.39, 0.29) is 5.02 Å². The Bertz CT molecular complexity index is 797. The highest BCUT2D eigenvalue weighted by atomic mass is 79.9. The number of nitrogens with zero attached hydrogens (tertiary/aromatic N) is 1. The minimum Gasteiger partial charge on any atom is -0.324 e.